The summed E-state index contributed by atoms with van der Waals surface area (Å²) < 4.78 is 16.5. The summed E-state index contributed by atoms with van der Waals surface area (Å²) in [6.07, 6.45) is 0. The lowest BCUT2D eigenvalue weighted by Gasteiger charge is -2.27. The van der Waals surface area contributed by atoms with Crippen LogP contribution >= 0.6 is 0 Å². The van der Waals surface area contributed by atoms with E-state index in [1.165, 1.54) is 30.3 Å². The van der Waals surface area contributed by atoms with Crippen LogP contribution < -0.4 is 19.9 Å². The average Bonchev–Trinajstić information content (AvgIpc) is 2.91. The van der Waals surface area contributed by atoms with E-state index < -0.39 is 23.4 Å². The standard InChI is InChI=1S/C28H19N3O6/c29-15-24-27(22-7-3-5-17-4-1-2-6-21(17)22)23-13-12-20(14-25(23)37-28(24)30)36-26(32)16-35-19-10-8-18(9-11-19)31(33)34/h1-14,27H,16,30H2. The Morgan fingerprint density at radius 1 is 1.00 bits per heavy atom. The Hall–Kier alpha value is -5.36. The molecule has 1 unspecified atom stereocenters. The molecule has 0 spiro atoms. The van der Waals surface area contributed by atoms with Crippen LogP contribution in [0.25, 0.3) is 10.8 Å². The molecule has 5 rings (SSSR count). The molecule has 0 amide bonds. The number of nitriles is 1. The fourth-order valence-corrected chi connectivity index (χ4v) is 4.29. The number of nitrogens with zero attached hydrogens (tertiary/aromatic N) is 2. The van der Waals surface area contributed by atoms with E-state index in [4.69, 9.17) is 19.9 Å². The van der Waals surface area contributed by atoms with Crippen molar-refractivity contribution in [2.45, 2.75) is 5.92 Å². The van der Waals surface area contributed by atoms with E-state index in [1.54, 1.807) is 12.1 Å². The zero-order valence-corrected chi connectivity index (χ0v) is 19.3. The number of carbonyl (C=O) groups is 1. The van der Waals surface area contributed by atoms with Gasteiger partial charge in [0.1, 0.15) is 28.9 Å². The van der Waals surface area contributed by atoms with Crippen molar-refractivity contribution < 1.29 is 23.9 Å². The monoisotopic (exact) mass is 493 g/mol. The van der Waals surface area contributed by atoms with Crippen molar-refractivity contribution in [3.05, 3.63) is 118 Å². The van der Waals surface area contributed by atoms with Gasteiger partial charge in [-0.25, -0.2) is 4.79 Å². The Morgan fingerprint density at radius 3 is 2.49 bits per heavy atom. The van der Waals surface area contributed by atoms with E-state index in [0.29, 0.717) is 16.9 Å². The minimum absolute atomic E-state index is 0.0158. The maximum atomic E-state index is 12.4. The van der Waals surface area contributed by atoms with Crippen LogP contribution in [0.15, 0.2) is 96.4 Å². The highest BCUT2D eigenvalue weighted by molar-refractivity contribution is 5.87. The number of ether oxygens (including phenoxy) is 3. The zero-order valence-electron chi connectivity index (χ0n) is 19.3. The molecule has 4 aromatic carbocycles. The summed E-state index contributed by atoms with van der Waals surface area (Å²) in [4.78, 5) is 22.6. The number of rotatable bonds is 6. The van der Waals surface area contributed by atoms with Gasteiger partial charge in [-0.1, -0.05) is 48.5 Å². The smallest absolute Gasteiger partial charge is 0.349 e. The van der Waals surface area contributed by atoms with Crippen LogP contribution in [-0.4, -0.2) is 17.5 Å². The lowest BCUT2D eigenvalue weighted by atomic mass is 9.81. The lowest BCUT2D eigenvalue weighted by molar-refractivity contribution is -0.384. The van der Waals surface area contributed by atoms with Crippen molar-refractivity contribution in [3.8, 4) is 23.3 Å². The Morgan fingerprint density at radius 2 is 1.73 bits per heavy atom. The molecule has 0 aromatic heterocycles. The SMILES string of the molecule is N#CC1=C(N)Oc2cc(OC(=O)COc3ccc([N+](=O)[O-])cc3)ccc2C1c1cccc2ccccc12. The molecule has 9 heteroatoms. The first-order chi connectivity index (χ1) is 17.9. The Labute approximate surface area is 211 Å². The molecule has 0 radical (unpaired) electrons. The molecule has 0 saturated heterocycles. The number of carbonyl (C=O) groups excluding carboxylic acids is 1. The second kappa shape index (κ2) is 9.71. The molecular formula is C28H19N3O6. The minimum Gasteiger partial charge on any atom is -0.482 e. The summed E-state index contributed by atoms with van der Waals surface area (Å²) in [5.41, 5.74) is 7.96. The molecule has 4 aromatic rings. The third kappa shape index (κ3) is 4.63. The summed E-state index contributed by atoms with van der Waals surface area (Å²) in [5, 5.41) is 22.6. The Kier molecular flexibility index (Phi) is 6.14. The van der Waals surface area contributed by atoms with E-state index >= 15 is 0 Å². The van der Waals surface area contributed by atoms with Crippen LogP contribution in [0.3, 0.4) is 0 Å². The van der Waals surface area contributed by atoms with E-state index in [2.05, 4.69) is 6.07 Å². The topological polar surface area (TPSA) is 138 Å². The largest absolute Gasteiger partial charge is 0.482 e. The normalized spacial score (nSPS) is 14.3. The molecule has 9 nitrogen and oxygen atoms in total. The number of nitro benzene ring substituents is 1. The first-order valence-corrected chi connectivity index (χ1v) is 11.2. The number of nitrogens with two attached hydrogens (primary N) is 1. The molecule has 1 aliphatic heterocycles. The number of non-ortho nitro benzene ring substituents is 1. The molecule has 37 heavy (non-hydrogen) atoms. The van der Waals surface area contributed by atoms with Crippen LogP contribution in [0, 0.1) is 21.4 Å². The van der Waals surface area contributed by atoms with Crippen molar-refractivity contribution >= 4 is 22.4 Å². The molecule has 0 saturated carbocycles. The van der Waals surface area contributed by atoms with E-state index in [1.807, 2.05) is 42.5 Å². The van der Waals surface area contributed by atoms with E-state index in [0.717, 1.165) is 16.3 Å². The van der Waals surface area contributed by atoms with Gasteiger partial charge in [0.25, 0.3) is 5.69 Å². The van der Waals surface area contributed by atoms with Gasteiger partial charge in [-0.2, -0.15) is 5.26 Å². The third-order valence-corrected chi connectivity index (χ3v) is 5.96. The van der Waals surface area contributed by atoms with E-state index in [9.17, 15) is 20.2 Å². The van der Waals surface area contributed by atoms with Crippen molar-refractivity contribution in [3.63, 3.8) is 0 Å². The highest BCUT2D eigenvalue weighted by Gasteiger charge is 2.32. The summed E-state index contributed by atoms with van der Waals surface area (Å²) >= 11 is 0. The first kappa shape index (κ1) is 23.4. The zero-order chi connectivity index (χ0) is 25.9. The van der Waals surface area contributed by atoms with Gasteiger partial charge in [0.05, 0.1) is 10.8 Å². The minimum atomic E-state index is -0.680. The quantitative estimate of drug-likeness (QED) is 0.172. The van der Waals surface area contributed by atoms with Crippen LogP contribution in [0.4, 0.5) is 5.69 Å². The lowest BCUT2D eigenvalue weighted by Crippen LogP contribution is -2.22. The van der Waals surface area contributed by atoms with Gasteiger partial charge in [0.2, 0.25) is 5.88 Å². The maximum Gasteiger partial charge on any atom is 0.349 e. The highest BCUT2D eigenvalue weighted by Crippen LogP contribution is 2.45. The van der Waals surface area contributed by atoms with Gasteiger partial charge >= 0.3 is 5.97 Å². The summed E-state index contributed by atoms with van der Waals surface area (Å²) in [6.45, 7) is -0.408. The number of allylic oxidation sites excluding steroid dienone is 1. The Bertz CT molecular complexity index is 1600. The predicted octanol–water partition coefficient (Wildman–Crippen LogP) is 4.95. The predicted molar refractivity (Wildman–Crippen MR) is 134 cm³/mol. The summed E-state index contributed by atoms with van der Waals surface area (Å²) in [5.74, 6) is -0.290. The first-order valence-electron chi connectivity index (χ1n) is 11.2. The van der Waals surface area contributed by atoms with Crippen LogP contribution in [0.1, 0.15) is 17.0 Å². The molecule has 0 aliphatic carbocycles. The molecule has 1 aliphatic rings. The van der Waals surface area contributed by atoms with Crippen molar-refractivity contribution in [1.82, 2.24) is 0 Å². The van der Waals surface area contributed by atoms with Crippen LogP contribution in [-0.2, 0) is 4.79 Å². The van der Waals surface area contributed by atoms with Crippen molar-refractivity contribution in [2.75, 3.05) is 6.61 Å². The number of hydrogen-bond donors (Lipinski definition) is 1. The fourth-order valence-electron chi connectivity index (χ4n) is 4.29. The summed E-state index contributed by atoms with van der Waals surface area (Å²) in [6, 6.07) is 26.2. The molecule has 1 atom stereocenters. The number of fused-ring (bicyclic) bond motifs is 2. The highest BCUT2D eigenvalue weighted by atomic mass is 16.6. The molecule has 0 bridgehead atoms. The van der Waals surface area contributed by atoms with Gasteiger partial charge in [0.15, 0.2) is 6.61 Å². The molecule has 0 fully saturated rings. The second-order valence-corrected chi connectivity index (χ2v) is 8.21. The average molecular weight is 493 g/mol. The number of esters is 1. The van der Waals surface area contributed by atoms with Crippen molar-refractivity contribution in [2.24, 2.45) is 5.73 Å². The van der Waals surface area contributed by atoms with Gasteiger partial charge in [-0.3, -0.25) is 10.1 Å². The second-order valence-electron chi connectivity index (χ2n) is 8.21. The number of benzene rings is 4. The maximum absolute atomic E-state index is 12.4. The fraction of sp³-hybridized carbons (Fsp3) is 0.0714. The van der Waals surface area contributed by atoms with Crippen LogP contribution in [0.5, 0.6) is 17.2 Å². The van der Waals surface area contributed by atoms with Crippen molar-refractivity contribution in [1.29, 1.82) is 5.26 Å². The number of hydrogen-bond acceptors (Lipinski definition) is 8. The van der Waals surface area contributed by atoms with Crippen LogP contribution in [0.2, 0.25) is 0 Å². The van der Waals surface area contributed by atoms with E-state index in [-0.39, 0.29) is 23.1 Å². The van der Waals surface area contributed by atoms with Gasteiger partial charge < -0.3 is 19.9 Å². The van der Waals surface area contributed by atoms with Gasteiger partial charge in [-0.05, 0) is 34.5 Å². The number of nitro groups is 1. The van der Waals surface area contributed by atoms with Gasteiger partial charge in [0, 0.05) is 23.8 Å². The molecule has 2 N–H and O–H groups in total. The summed E-state index contributed by atoms with van der Waals surface area (Å²) in [7, 11) is 0. The molecule has 1 heterocycles. The molecular weight excluding hydrogens is 474 g/mol. The molecule has 182 valence electrons. The van der Waals surface area contributed by atoms with Gasteiger partial charge in [-0.15, -0.1) is 0 Å². The Balaban J connectivity index is 1.38. The third-order valence-electron chi connectivity index (χ3n) is 5.96.